The number of rotatable bonds is 8. The Balaban J connectivity index is 1.90. The molecule has 3 aromatic carbocycles. The summed E-state index contributed by atoms with van der Waals surface area (Å²) in [6.07, 6.45) is -1.14. The van der Waals surface area contributed by atoms with E-state index in [1.165, 1.54) is 28.6 Å². The van der Waals surface area contributed by atoms with Crippen LogP contribution in [0.25, 0.3) is 0 Å². The summed E-state index contributed by atoms with van der Waals surface area (Å²) in [5.41, 5.74) is 2.02. The molecule has 0 aliphatic rings. The number of nitrogens with zero attached hydrogens (tertiary/aromatic N) is 2. The van der Waals surface area contributed by atoms with Gasteiger partial charge in [-0.05, 0) is 42.3 Å². The minimum atomic E-state index is -3.88. The molecule has 0 bridgehead atoms. The van der Waals surface area contributed by atoms with Crippen molar-refractivity contribution in [1.82, 2.24) is 4.31 Å². The first-order valence-corrected chi connectivity index (χ1v) is 10.7. The third kappa shape index (κ3) is 5.10. The summed E-state index contributed by atoms with van der Waals surface area (Å²) in [5, 5.41) is 21.5. The van der Waals surface area contributed by atoms with Gasteiger partial charge in [0.25, 0.3) is 5.69 Å². The van der Waals surface area contributed by atoms with Crippen LogP contribution in [0.3, 0.4) is 0 Å². The van der Waals surface area contributed by atoms with Gasteiger partial charge in [0.1, 0.15) is 0 Å². The van der Waals surface area contributed by atoms with Crippen molar-refractivity contribution in [2.24, 2.45) is 0 Å². The Kier molecular flexibility index (Phi) is 6.61. The van der Waals surface area contributed by atoms with Gasteiger partial charge in [-0.25, -0.2) is 8.42 Å². The highest BCUT2D eigenvalue weighted by Gasteiger charge is 2.27. The first-order chi connectivity index (χ1) is 14.3. The van der Waals surface area contributed by atoms with Gasteiger partial charge in [-0.3, -0.25) is 10.1 Å². The first kappa shape index (κ1) is 21.6. The SMILES string of the molecule is Cc1ccc(S(=O)(=O)N(Cc2ccccc2)C[C@@H](O)c2ccc([N+](=O)[O-])cc2)cc1. The topological polar surface area (TPSA) is 101 Å². The van der Waals surface area contributed by atoms with E-state index in [-0.39, 0.29) is 23.7 Å². The third-order valence-electron chi connectivity index (χ3n) is 4.73. The number of hydrogen-bond donors (Lipinski definition) is 1. The second-order valence-corrected chi connectivity index (χ2v) is 8.90. The zero-order valence-corrected chi connectivity index (χ0v) is 17.2. The van der Waals surface area contributed by atoms with Crippen LogP contribution in [-0.2, 0) is 16.6 Å². The minimum absolute atomic E-state index is 0.0844. The number of aryl methyl sites for hydroxylation is 1. The fourth-order valence-electron chi connectivity index (χ4n) is 3.01. The summed E-state index contributed by atoms with van der Waals surface area (Å²) in [4.78, 5) is 10.4. The zero-order chi connectivity index (χ0) is 21.7. The summed E-state index contributed by atoms with van der Waals surface area (Å²) in [6, 6.07) is 21.1. The van der Waals surface area contributed by atoms with E-state index in [0.717, 1.165) is 11.1 Å². The van der Waals surface area contributed by atoms with E-state index in [4.69, 9.17) is 0 Å². The lowest BCUT2D eigenvalue weighted by Crippen LogP contribution is -2.34. The van der Waals surface area contributed by atoms with Gasteiger partial charge in [0.15, 0.2) is 0 Å². The van der Waals surface area contributed by atoms with Crippen LogP contribution in [0.5, 0.6) is 0 Å². The lowest BCUT2D eigenvalue weighted by molar-refractivity contribution is -0.384. The molecule has 7 nitrogen and oxygen atoms in total. The number of sulfonamides is 1. The number of benzene rings is 3. The van der Waals surface area contributed by atoms with Crippen molar-refractivity contribution >= 4 is 15.7 Å². The molecule has 1 atom stereocenters. The predicted molar refractivity (Wildman–Crippen MR) is 113 cm³/mol. The minimum Gasteiger partial charge on any atom is -0.387 e. The molecule has 0 amide bonds. The molecule has 0 saturated carbocycles. The van der Waals surface area contributed by atoms with Gasteiger partial charge in [-0.15, -0.1) is 0 Å². The fourth-order valence-corrected chi connectivity index (χ4v) is 4.45. The Morgan fingerprint density at radius 2 is 1.57 bits per heavy atom. The summed E-state index contributed by atoms with van der Waals surface area (Å²) in [7, 11) is -3.88. The number of nitro benzene ring substituents is 1. The number of nitro groups is 1. The highest BCUT2D eigenvalue weighted by atomic mass is 32.2. The van der Waals surface area contributed by atoms with E-state index in [1.54, 1.807) is 24.3 Å². The monoisotopic (exact) mass is 426 g/mol. The molecular formula is C22H22N2O5S. The van der Waals surface area contributed by atoms with E-state index in [9.17, 15) is 23.6 Å². The molecule has 0 fully saturated rings. The van der Waals surface area contributed by atoms with Gasteiger partial charge >= 0.3 is 0 Å². The number of hydrogen-bond acceptors (Lipinski definition) is 5. The standard InChI is InChI=1S/C22H22N2O5S/c1-17-7-13-21(14-8-17)30(28,29)23(15-18-5-3-2-4-6-18)16-22(25)19-9-11-20(12-10-19)24(26)27/h2-14,22,25H,15-16H2,1H3/t22-/m1/s1. The maximum atomic E-state index is 13.3. The Hall–Kier alpha value is -3.07. The summed E-state index contributed by atoms with van der Waals surface area (Å²) < 4.78 is 27.8. The molecule has 0 aliphatic carbocycles. The average molecular weight is 426 g/mol. The number of aliphatic hydroxyl groups is 1. The maximum absolute atomic E-state index is 13.3. The second-order valence-electron chi connectivity index (χ2n) is 6.96. The molecule has 0 radical (unpaired) electrons. The van der Waals surface area contributed by atoms with Crippen LogP contribution in [0, 0.1) is 17.0 Å². The van der Waals surface area contributed by atoms with E-state index in [2.05, 4.69) is 0 Å². The third-order valence-corrected chi connectivity index (χ3v) is 6.55. The molecule has 0 aromatic heterocycles. The highest BCUT2D eigenvalue weighted by molar-refractivity contribution is 7.89. The largest absolute Gasteiger partial charge is 0.387 e. The average Bonchev–Trinajstić information content (AvgIpc) is 2.74. The molecule has 0 spiro atoms. The van der Waals surface area contributed by atoms with Crippen molar-refractivity contribution in [2.45, 2.75) is 24.5 Å². The van der Waals surface area contributed by atoms with Crippen LogP contribution in [-0.4, -0.2) is 29.3 Å². The zero-order valence-electron chi connectivity index (χ0n) is 16.4. The smallest absolute Gasteiger partial charge is 0.269 e. The van der Waals surface area contributed by atoms with E-state index in [0.29, 0.717) is 5.56 Å². The number of non-ortho nitro benzene ring substituents is 1. The fraction of sp³-hybridized carbons (Fsp3) is 0.182. The van der Waals surface area contributed by atoms with Crippen molar-refractivity contribution < 1.29 is 18.4 Å². The van der Waals surface area contributed by atoms with Crippen molar-refractivity contribution in [3.05, 3.63) is 106 Å². The lowest BCUT2D eigenvalue weighted by Gasteiger charge is -2.25. The van der Waals surface area contributed by atoms with Crippen LogP contribution in [0.1, 0.15) is 22.8 Å². The molecular weight excluding hydrogens is 404 g/mol. The molecule has 3 rings (SSSR count). The van der Waals surface area contributed by atoms with Crippen molar-refractivity contribution in [1.29, 1.82) is 0 Å². The Labute approximate surface area is 175 Å². The van der Waals surface area contributed by atoms with E-state index >= 15 is 0 Å². The molecule has 156 valence electrons. The summed E-state index contributed by atoms with van der Waals surface area (Å²) >= 11 is 0. The number of aliphatic hydroxyl groups excluding tert-OH is 1. The van der Waals surface area contributed by atoms with Crippen molar-refractivity contribution in [2.75, 3.05) is 6.54 Å². The van der Waals surface area contributed by atoms with E-state index in [1.807, 2.05) is 37.3 Å². The Morgan fingerprint density at radius 1 is 0.967 bits per heavy atom. The first-order valence-electron chi connectivity index (χ1n) is 9.30. The van der Waals surface area contributed by atoms with Gasteiger partial charge in [0.05, 0.1) is 15.9 Å². The molecule has 0 saturated heterocycles. The molecule has 0 unspecified atom stereocenters. The molecule has 8 heteroatoms. The summed E-state index contributed by atoms with van der Waals surface area (Å²) in [5.74, 6) is 0. The van der Waals surface area contributed by atoms with Crippen LogP contribution in [0.15, 0.2) is 83.8 Å². The molecule has 1 N–H and O–H groups in total. The molecule has 0 aliphatic heterocycles. The van der Waals surface area contributed by atoms with Crippen LogP contribution < -0.4 is 0 Å². The Morgan fingerprint density at radius 3 is 2.13 bits per heavy atom. The van der Waals surface area contributed by atoms with Gasteiger partial charge in [0, 0.05) is 25.2 Å². The van der Waals surface area contributed by atoms with Crippen molar-refractivity contribution in [3.8, 4) is 0 Å². The lowest BCUT2D eigenvalue weighted by atomic mass is 10.1. The predicted octanol–water partition coefficient (Wildman–Crippen LogP) is 3.83. The van der Waals surface area contributed by atoms with Crippen molar-refractivity contribution in [3.63, 3.8) is 0 Å². The quantitative estimate of drug-likeness (QED) is 0.436. The van der Waals surface area contributed by atoms with Crippen LogP contribution >= 0.6 is 0 Å². The van der Waals surface area contributed by atoms with Gasteiger partial charge in [0.2, 0.25) is 10.0 Å². The highest BCUT2D eigenvalue weighted by Crippen LogP contribution is 2.24. The van der Waals surface area contributed by atoms with Gasteiger partial charge in [-0.2, -0.15) is 4.31 Å². The summed E-state index contributed by atoms with van der Waals surface area (Å²) in [6.45, 7) is 1.76. The van der Waals surface area contributed by atoms with Gasteiger partial charge in [-0.1, -0.05) is 48.0 Å². The Bertz CT molecular complexity index is 1100. The van der Waals surface area contributed by atoms with Gasteiger partial charge < -0.3 is 5.11 Å². The van der Waals surface area contributed by atoms with Crippen LogP contribution in [0.4, 0.5) is 5.69 Å². The molecule has 30 heavy (non-hydrogen) atoms. The molecule has 3 aromatic rings. The second kappa shape index (κ2) is 9.17. The van der Waals surface area contributed by atoms with Crippen LogP contribution in [0.2, 0.25) is 0 Å². The maximum Gasteiger partial charge on any atom is 0.269 e. The van der Waals surface area contributed by atoms with E-state index < -0.39 is 21.1 Å². The normalized spacial score (nSPS) is 12.6. The molecule has 0 heterocycles.